The van der Waals surface area contributed by atoms with Gasteiger partial charge in [0.2, 0.25) is 0 Å². The van der Waals surface area contributed by atoms with E-state index in [1.54, 1.807) is 0 Å². The van der Waals surface area contributed by atoms with Crippen molar-refractivity contribution < 1.29 is 24.5 Å². The normalized spacial score (nSPS) is 15.5. The second-order valence-electron chi connectivity index (χ2n) is 3.78. The molecule has 1 fully saturated rings. The molecule has 18 heavy (non-hydrogen) atoms. The van der Waals surface area contributed by atoms with Crippen LogP contribution in [0.1, 0.15) is 10.5 Å². The van der Waals surface area contributed by atoms with Crippen molar-refractivity contribution in [2.24, 2.45) is 0 Å². The molecule has 0 bridgehead atoms. The second-order valence-corrected chi connectivity index (χ2v) is 3.78. The van der Waals surface area contributed by atoms with Crippen molar-refractivity contribution in [3.05, 3.63) is 11.8 Å². The third-order valence-electron chi connectivity index (χ3n) is 2.70. The summed E-state index contributed by atoms with van der Waals surface area (Å²) in [6.45, 7) is 2.38. The van der Waals surface area contributed by atoms with Crippen molar-refractivity contribution in [1.29, 1.82) is 0 Å². The molecule has 1 saturated heterocycles. The van der Waals surface area contributed by atoms with E-state index >= 15 is 0 Å². The van der Waals surface area contributed by atoms with Gasteiger partial charge >= 0.3 is 5.97 Å². The number of anilines is 1. The smallest absolute Gasteiger partial charge is 0.358 e. The third kappa shape index (κ3) is 2.30. The molecule has 0 radical (unpaired) electrons. The van der Waals surface area contributed by atoms with E-state index < -0.39 is 17.4 Å². The van der Waals surface area contributed by atoms with Crippen molar-refractivity contribution in [3.8, 4) is 11.5 Å². The number of methoxy groups -OCH3 is 1. The Morgan fingerprint density at radius 1 is 1.50 bits per heavy atom. The maximum Gasteiger partial charge on any atom is 0.358 e. The lowest BCUT2D eigenvalue weighted by Crippen LogP contribution is -2.37. The lowest BCUT2D eigenvalue weighted by atomic mass is 10.2. The Hall–Kier alpha value is -2.02. The number of carboxylic acids is 1. The second kappa shape index (κ2) is 5.09. The Balaban J connectivity index is 2.41. The molecule has 2 heterocycles. The highest BCUT2D eigenvalue weighted by Gasteiger charge is 2.21. The first-order valence-corrected chi connectivity index (χ1v) is 5.47. The van der Waals surface area contributed by atoms with Crippen LogP contribution in [-0.2, 0) is 4.74 Å². The minimum absolute atomic E-state index is 0.101. The zero-order chi connectivity index (χ0) is 13.1. The fraction of sp³-hybridized carbons (Fsp3) is 0.455. The standard InChI is InChI=1S/C11H14N2O5/c1-17-7-6-8(13-2-4-18-5-3-13)12-9(10(7)14)11(15)16/h6,14H,2-5H2,1H3,(H,15,16). The Morgan fingerprint density at radius 2 is 2.17 bits per heavy atom. The van der Waals surface area contributed by atoms with Crippen LogP contribution < -0.4 is 9.64 Å². The van der Waals surface area contributed by atoms with Gasteiger partial charge in [-0.3, -0.25) is 0 Å². The van der Waals surface area contributed by atoms with Gasteiger partial charge in [-0.25, -0.2) is 9.78 Å². The summed E-state index contributed by atoms with van der Waals surface area (Å²) in [5.74, 6) is -1.18. The number of morpholine rings is 1. The van der Waals surface area contributed by atoms with E-state index in [1.807, 2.05) is 4.90 Å². The molecule has 1 aromatic rings. The first-order valence-electron chi connectivity index (χ1n) is 5.47. The van der Waals surface area contributed by atoms with E-state index in [1.165, 1.54) is 13.2 Å². The Morgan fingerprint density at radius 3 is 2.72 bits per heavy atom. The highest BCUT2D eigenvalue weighted by Crippen LogP contribution is 2.32. The molecular formula is C11H14N2O5. The van der Waals surface area contributed by atoms with Crippen LogP contribution in [0, 0.1) is 0 Å². The van der Waals surface area contributed by atoms with E-state index in [2.05, 4.69) is 4.98 Å². The average Bonchev–Trinajstić information content (AvgIpc) is 2.39. The average molecular weight is 254 g/mol. The number of hydrogen-bond acceptors (Lipinski definition) is 6. The van der Waals surface area contributed by atoms with Crippen LogP contribution in [0.2, 0.25) is 0 Å². The number of nitrogens with zero attached hydrogens (tertiary/aromatic N) is 2. The van der Waals surface area contributed by atoms with Gasteiger partial charge in [0.15, 0.2) is 17.2 Å². The fourth-order valence-corrected chi connectivity index (χ4v) is 1.76. The number of pyridine rings is 1. The Labute approximate surface area is 104 Å². The van der Waals surface area contributed by atoms with E-state index in [9.17, 15) is 9.90 Å². The van der Waals surface area contributed by atoms with Crippen molar-refractivity contribution in [1.82, 2.24) is 4.98 Å². The minimum atomic E-state index is -1.29. The molecule has 2 N–H and O–H groups in total. The summed E-state index contributed by atoms with van der Waals surface area (Å²) < 4.78 is 10.2. The molecule has 0 atom stereocenters. The van der Waals surface area contributed by atoms with Crippen LogP contribution >= 0.6 is 0 Å². The van der Waals surface area contributed by atoms with Gasteiger partial charge in [0, 0.05) is 19.2 Å². The molecule has 7 heteroatoms. The number of ether oxygens (including phenoxy) is 2. The van der Waals surface area contributed by atoms with Gasteiger partial charge in [-0.2, -0.15) is 0 Å². The molecule has 1 aromatic heterocycles. The Kier molecular flexibility index (Phi) is 3.52. The number of carboxylic acid groups (broad SMARTS) is 1. The number of hydrogen-bond donors (Lipinski definition) is 2. The quantitative estimate of drug-likeness (QED) is 0.803. The monoisotopic (exact) mass is 254 g/mol. The molecule has 0 unspecified atom stereocenters. The summed E-state index contributed by atoms with van der Waals surface area (Å²) in [4.78, 5) is 16.8. The SMILES string of the molecule is COc1cc(N2CCOCC2)nc(C(=O)O)c1O. The van der Waals surface area contributed by atoms with Gasteiger partial charge < -0.3 is 24.6 Å². The summed E-state index contributed by atoms with van der Waals surface area (Å²) in [6.07, 6.45) is 0. The molecule has 0 amide bonds. The number of aromatic nitrogens is 1. The molecule has 0 spiro atoms. The van der Waals surface area contributed by atoms with Gasteiger partial charge in [-0.15, -0.1) is 0 Å². The molecule has 98 valence electrons. The first kappa shape index (κ1) is 12.4. The van der Waals surface area contributed by atoms with Crippen LogP contribution in [0.5, 0.6) is 11.5 Å². The summed E-state index contributed by atoms with van der Waals surface area (Å²) >= 11 is 0. The van der Waals surface area contributed by atoms with E-state index in [-0.39, 0.29) is 5.75 Å². The van der Waals surface area contributed by atoms with Crippen LogP contribution in [0.4, 0.5) is 5.82 Å². The maximum atomic E-state index is 11.0. The predicted molar refractivity (Wildman–Crippen MR) is 62.4 cm³/mol. The molecule has 2 rings (SSSR count). The van der Waals surface area contributed by atoms with Crippen LogP contribution in [-0.4, -0.2) is 54.6 Å². The van der Waals surface area contributed by atoms with Crippen LogP contribution in [0.25, 0.3) is 0 Å². The number of carbonyl (C=O) groups is 1. The van der Waals surface area contributed by atoms with Crippen LogP contribution in [0.15, 0.2) is 6.07 Å². The number of rotatable bonds is 3. The van der Waals surface area contributed by atoms with E-state index in [0.717, 1.165) is 0 Å². The summed E-state index contributed by atoms with van der Waals surface area (Å²) in [6, 6.07) is 1.52. The number of aromatic hydroxyl groups is 1. The molecular weight excluding hydrogens is 240 g/mol. The fourth-order valence-electron chi connectivity index (χ4n) is 1.76. The zero-order valence-corrected chi connectivity index (χ0v) is 9.92. The van der Waals surface area contributed by atoms with Crippen molar-refractivity contribution in [3.63, 3.8) is 0 Å². The first-order chi connectivity index (χ1) is 8.63. The van der Waals surface area contributed by atoms with Gasteiger partial charge in [0.25, 0.3) is 0 Å². The van der Waals surface area contributed by atoms with E-state index in [4.69, 9.17) is 14.6 Å². The largest absolute Gasteiger partial charge is 0.503 e. The predicted octanol–water partition coefficient (Wildman–Crippen LogP) is 0.331. The molecule has 0 aromatic carbocycles. The summed E-state index contributed by atoms with van der Waals surface area (Å²) in [7, 11) is 1.36. The van der Waals surface area contributed by atoms with Crippen LogP contribution in [0.3, 0.4) is 0 Å². The molecule has 0 aliphatic carbocycles. The number of aromatic carboxylic acids is 1. The lowest BCUT2D eigenvalue weighted by molar-refractivity contribution is 0.0686. The summed E-state index contributed by atoms with van der Waals surface area (Å²) in [5, 5.41) is 18.7. The lowest BCUT2D eigenvalue weighted by Gasteiger charge is -2.28. The van der Waals surface area contributed by atoms with Crippen molar-refractivity contribution in [2.45, 2.75) is 0 Å². The van der Waals surface area contributed by atoms with Gasteiger partial charge in [-0.1, -0.05) is 0 Å². The molecule has 1 aliphatic heterocycles. The van der Waals surface area contributed by atoms with Crippen molar-refractivity contribution >= 4 is 11.8 Å². The molecule has 1 aliphatic rings. The topological polar surface area (TPSA) is 92.1 Å². The van der Waals surface area contributed by atoms with Crippen molar-refractivity contribution in [2.75, 3.05) is 38.3 Å². The molecule has 0 saturated carbocycles. The maximum absolute atomic E-state index is 11.0. The highest BCUT2D eigenvalue weighted by molar-refractivity contribution is 5.90. The highest BCUT2D eigenvalue weighted by atomic mass is 16.5. The van der Waals surface area contributed by atoms with E-state index in [0.29, 0.717) is 32.1 Å². The van der Waals surface area contributed by atoms with Gasteiger partial charge in [0.05, 0.1) is 20.3 Å². The Bertz CT molecular complexity index is 457. The van der Waals surface area contributed by atoms with Gasteiger partial charge in [0.1, 0.15) is 5.82 Å². The summed E-state index contributed by atoms with van der Waals surface area (Å²) in [5.41, 5.74) is -0.407. The zero-order valence-electron chi connectivity index (χ0n) is 9.92. The minimum Gasteiger partial charge on any atom is -0.503 e. The third-order valence-corrected chi connectivity index (χ3v) is 2.70. The van der Waals surface area contributed by atoms with Gasteiger partial charge in [-0.05, 0) is 0 Å². The molecule has 7 nitrogen and oxygen atoms in total.